The van der Waals surface area contributed by atoms with Crippen LogP contribution in [0.2, 0.25) is 0 Å². The van der Waals surface area contributed by atoms with Gasteiger partial charge in [-0.3, -0.25) is 24.0 Å². The lowest BCUT2D eigenvalue weighted by molar-refractivity contribution is -0.344. The number of alkyl halides is 3. The van der Waals surface area contributed by atoms with E-state index in [1.165, 1.54) is 9.79 Å². The molecule has 0 aliphatic carbocycles. The van der Waals surface area contributed by atoms with Gasteiger partial charge in [0.05, 0.1) is 23.5 Å². The normalized spacial score (nSPS) is 12.1. The first-order valence-corrected chi connectivity index (χ1v) is 19.0. The average Bonchev–Trinajstić information content (AvgIpc) is 3.17. The number of halogens is 3. The molecule has 2 atom stereocenters. The molecule has 0 aromatic heterocycles. The molecule has 0 radical (unpaired) electrons. The number of amides is 3. The van der Waals surface area contributed by atoms with E-state index in [0.717, 1.165) is 10.5 Å². The third-order valence-corrected chi connectivity index (χ3v) is 10.6. The van der Waals surface area contributed by atoms with Crippen LogP contribution in [0, 0.1) is 11.8 Å². The summed E-state index contributed by atoms with van der Waals surface area (Å²) in [5.41, 5.74) is 6.53. The number of carbonyl (C=O) groups is 6. The molecule has 0 aliphatic rings. The maximum atomic E-state index is 13.3. The highest BCUT2D eigenvalue weighted by atomic mass is 32.2. The van der Waals surface area contributed by atoms with Crippen molar-refractivity contribution in [1.82, 2.24) is 10.6 Å². The number of carboxylic acid groups (broad SMARTS) is 1. The van der Waals surface area contributed by atoms with Crippen LogP contribution in [0.5, 0.6) is 0 Å². The maximum Gasteiger partial charge on any atom is 0.430 e. The number of ketones is 2. The molecule has 0 saturated carbocycles. The highest BCUT2D eigenvalue weighted by Crippen LogP contribution is 2.31. The fourth-order valence-electron chi connectivity index (χ4n) is 5.57. The number of hydrogen-bond acceptors (Lipinski definition) is 7. The molecule has 10 nitrogen and oxygen atoms in total. The van der Waals surface area contributed by atoms with E-state index < -0.39 is 35.9 Å². The quantitative estimate of drug-likeness (QED) is 0.119. The van der Waals surface area contributed by atoms with Crippen LogP contribution in [0.15, 0.2) is 130 Å². The van der Waals surface area contributed by atoms with Crippen LogP contribution in [-0.4, -0.2) is 54.0 Å². The zero-order chi connectivity index (χ0) is 41.3. The van der Waals surface area contributed by atoms with Crippen molar-refractivity contribution in [2.24, 2.45) is 17.6 Å². The van der Waals surface area contributed by atoms with Gasteiger partial charge in [-0.15, -0.1) is 0 Å². The van der Waals surface area contributed by atoms with Crippen molar-refractivity contribution in [3.8, 4) is 0 Å². The van der Waals surface area contributed by atoms with Gasteiger partial charge in [0, 0.05) is 30.7 Å². The van der Waals surface area contributed by atoms with Crippen LogP contribution in [0.4, 0.5) is 13.2 Å². The van der Waals surface area contributed by atoms with E-state index in [1.807, 2.05) is 92.7 Å². The van der Waals surface area contributed by atoms with Crippen molar-refractivity contribution in [3.05, 3.63) is 126 Å². The fraction of sp³-hybridized carbons (Fsp3) is 0.286. The standard InChI is InChI=1S/C40H43N3O5S.C2HF3O2/c1-28(2)38(36(45)20-12-15-32(44)26-31(39(47)42-27-37(41)46)25-29-13-6-3-7-14-29)43-40(48)30-21-23-35(24-22-30)49(33-16-8-4-9-17-33)34-18-10-5-11-19-34;3-2(4,5)1(6)7/h3-11,13-14,16-19,21-24,28,31,38H,12,15,20,25-27H2,1-2H3,(H3-,41,42,43,46,47,48);(H,6,7)/t31-,38+;/m1./s1. The van der Waals surface area contributed by atoms with Crippen molar-refractivity contribution in [3.63, 3.8) is 0 Å². The van der Waals surface area contributed by atoms with Gasteiger partial charge in [0.2, 0.25) is 11.8 Å². The first kappa shape index (κ1) is 44.6. The molecule has 0 heterocycles. The van der Waals surface area contributed by atoms with Crippen molar-refractivity contribution < 1.29 is 47.0 Å². The Morgan fingerprint density at radius 2 is 1.21 bits per heavy atom. The second-order valence-electron chi connectivity index (χ2n) is 13.1. The van der Waals surface area contributed by atoms with Gasteiger partial charge in [-0.1, -0.05) is 80.6 Å². The molecule has 4 N–H and O–H groups in total. The number of carboxylic acids is 1. The first-order valence-electron chi connectivity index (χ1n) is 17.7. The molecule has 14 heteroatoms. The minimum Gasteiger partial charge on any atom is -0.542 e. The molecule has 0 spiro atoms. The lowest BCUT2D eigenvalue weighted by Gasteiger charge is -2.21. The Balaban J connectivity index is 0.00000109. The molecule has 0 bridgehead atoms. The summed E-state index contributed by atoms with van der Waals surface area (Å²) in [5, 5.41) is 14.2. The Morgan fingerprint density at radius 1 is 0.732 bits per heavy atom. The molecule has 0 aliphatic heterocycles. The third kappa shape index (κ3) is 14.8. The van der Waals surface area contributed by atoms with E-state index in [1.54, 1.807) is 12.1 Å². The molecule has 0 saturated heterocycles. The number of rotatable bonds is 18. The Bertz CT molecular complexity index is 1870. The van der Waals surface area contributed by atoms with Crippen molar-refractivity contribution in [2.75, 3.05) is 6.54 Å². The second kappa shape index (κ2) is 22.0. The van der Waals surface area contributed by atoms with E-state index in [4.69, 9.17) is 15.6 Å². The topological polar surface area (TPSA) is 176 Å². The van der Waals surface area contributed by atoms with Gasteiger partial charge in [-0.05, 0) is 72.9 Å². The monoisotopic (exact) mass is 791 g/mol. The number of carbonyl (C=O) groups excluding carboxylic acids is 6. The van der Waals surface area contributed by atoms with Gasteiger partial charge in [0.15, 0.2) is 20.5 Å². The van der Waals surface area contributed by atoms with E-state index in [9.17, 15) is 37.1 Å². The molecule has 0 unspecified atom stereocenters. The molecular formula is C42H44F3N3O7S. The number of primary amides is 1. The van der Waals surface area contributed by atoms with Gasteiger partial charge >= 0.3 is 6.18 Å². The van der Waals surface area contributed by atoms with Crippen LogP contribution in [0.3, 0.4) is 0 Å². The molecular weight excluding hydrogens is 748 g/mol. The Kier molecular flexibility index (Phi) is 17.5. The van der Waals surface area contributed by atoms with Crippen molar-refractivity contribution in [2.45, 2.75) is 72.9 Å². The molecule has 4 aromatic carbocycles. The van der Waals surface area contributed by atoms with E-state index >= 15 is 0 Å². The maximum absolute atomic E-state index is 13.3. The summed E-state index contributed by atoms with van der Waals surface area (Å²) in [4.78, 5) is 75.7. The Morgan fingerprint density at radius 3 is 1.68 bits per heavy atom. The number of benzene rings is 4. The van der Waals surface area contributed by atoms with Gasteiger partial charge in [0.1, 0.15) is 11.8 Å². The number of Topliss-reactive ketones (excluding diaryl/α,β-unsaturated/α-hetero) is 2. The summed E-state index contributed by atoms with van der Waals surface area (Å²) < 4.78 is 31.5. The average molecular weight is 792 g/mol. The van der Waals surface area contributed by atoms with Gasteiger partial charge in [0.25, 0.3) is 5.91 Å². The molecule has 0 fully saturated rings. The van der Waals surface area contributed by atoms with Crippen LogP contribution < -0.4 is 21.5 Å². The summed E-state index contributed by atoms with van der Waals surface area (Å²) in [7, 11) is -0.344. The number of nitrogens with one attached hydrogen (secondary N) is 2. The lowest BCUT2D eigenvalue weighted by atomic mass is 9.91. The van der Waals surface area contributed by atoms with Gasteiger partial charge in [-0.25, -0.2) is 0 Å². The smallest absolute Gasteiger partial charge is 0.430 e. The summed E-state index contributed by atoms with van der Waals surface area (Å²) in [6.45, 7) is 3.45. The summed E-state index contributed by atoms with van der Waals surface area (Å²) >= 11 is 0. The fourth-order valence-corrected chi connectivity index (χ4v) is 7.66. The third-order valence-electron chi connectivity index (χ3n) is 8.33. The highest BCUT2D eigenvalue weighted by molar-refractivity contribution is 7.97. The molecule has 4 aromatic rings. The van der Waals surface area contributed by atoms with Gasteiger partial charge < -0.3 is 26.3 Å². The predicted octanol–water partition coefficient (Wildman–Crippen LogP) is 4.99. The number of aliphatic carboxylic acids is 1. The summed E-state index contributed by atoms with van der Waals surface area (Å²) in [5.74, 6) is -5.56. The largest absolute Gasteiger partial charge is 0.542 e. The predicted molar refractivity (Wildman–Crippen MR) is 203 cm³/mol. The minimum atomic E-state index is -5.19. The molecule has 3 amide bonds. The first-order chi connectivity index (χ1) is 26.6. The zero-order valence-electron chi connectivity index (χ0n) is 30.9. The zero-order valence-corrected chi connectivity index (χ0v) is 31.7. The van der Waals surface area contributed by atoms with E-state index in [-0.39, 0.29) is 60.1 Å². The van der Waals surface area contributed by atoms with Crippen molar-refractivity contribution >= 4 is 46.2 Å². The molecule has 4 rings (SSSR count). The van der Waals surface area contributed by atoms with Crippen LogP contribution >= 0.6 is 0 Å². The van der Waals surface area contributed by atoms with Crippen LogP contribution in [0.25, 0.3) is 0 Å². The summed E-state index contributed by atoms with van der Waals surface area (Å²) in [6.07, 6.45) is -4.36. The Labute approximate surface area is 326 Å². The SMILES string of the molecule is CC(C)[C@H](NC(=O)c1ccc([S+](c2ccccc2)c2ccccc2)cc1)C(=O)CCCC(=O)C[C@@H](Cc1ccccc1)C(=O)NCC(N)=O.O=C([O-])C(F)(F)F. The minimum absolute atomic E-state index is 0.0238. The van der Waals surface area contributed by atoms with Crippen LogP contribution in [0.1, 0.15) is 55.5 Å². The van der Waals surface area contributed by atoms with Gasteiger partial charge in [-0.2, -0.15) is 13.2 Å². The highest BCUT2D eigenvalue weighted by Gasteiger charge is 2.30. The number of hydrogen-bond donors (Lipinski definition) is 3. The molecule has 56 heavy (non-hydrogen) atoms. The van der Waals surface area contributed by atoms with E-state index in [0.29, 0.717) is 18.4 Å². The lowest BCUT2D eigenvalue weighted by Crippen LogP contribution is -2.44. The molecule has 296 valence electrons. The number of nitrogens with two attached hydrogens (primary N) is 1. The van der Waals surface area contributed by atoms with Crippen LogP contribution in [-0.2, 0) is 41.3 Å². The van der Waals surface area contributed by atoms with E-state index in [2.05, 4.69) is 34.9 Å². The van der Waals surface area contributed by atoms with Crippen molar-refractivity contribution in [1.29, 1.82) is 0 Å². The summed E-state index contributed by atoms with van der Waals surface area (Å²) in [6, 6.07) is 36.6. The Hall–Kier alpha value is -5.76. The second-order valence-corrected chi connectivity index (χ2v) is 15.1.